The Balaban J connectivity index is 1.34. The number of likely N-dealkylation sites (tertiary alicyclic amines) is 1. The quantitative estimate of drug-likeness (QED) is 0.160. The van der Waals surface area contributed by atoms with Gasteiger partial charge >= 0.3 is 0 Å². The molecule has 0 radical (unpaired) electrons. The van der Waals surface area contributed by atoms with Crippen LogP contribution in [0.4, 0.5) is 21.5 Å². The van der Waals surface area contributed by atoms with Crippen LogP contribution in [0.2, 0.25) is 10.0 Å². The number of aryl methyl sites for hydroxylation is 1. The maximum absolute atomic E-state index is 13.9. The van der Waals surface area contributed by atoms with Crippen molar-refractivity contribution in [2.45, 2.75) is 58.2 Å². The van der Waals surface area contributed by atoms with Crippen LogP contribution >= 0.6 is 23.2 Å². The monoisotopic (exact) mass is 659 g/mol. The molecule has 2 aromatic carbocycles. The van der Waals surface area contributed by atoms with Gasteiger partial charge in [0.2, 0.25) is 0 Å². The summed E-state index contributed by atoms with van der Waals surface area (Å²) in [5, 5.41) is 20.0. The first-order chi connectivity index (χ1) is 22.0. The number of anilines is 3. The molecule has 4 N–H and O–H groups in total. The Morgan fingerprint density at radius 2 is 1.78 bits per heavy atom. The lowest BCUT2D eigenvalue weighted by Gasteiger charge is -2.42. The fourth-order valence-electron chi connectivity index (χ4n) is 5.94. The molecule has 1 atom stereocenters. The number of rotatable bonds is 7. The third-order valence-corrected chi connectivity index (χ3v) is 9.12. The molecule has 46 heavy (non-hydrogen) atoms. The van der Waals surface area contributed by atoms with E-state index in [9.17, 15) is 9.65 Å². The van der Waals surface area contributed by atoms with Crippen LogP contribution in [-0.2, 0) is 0 Å². The summed E-state index contributed by atoms with van der Waals surface area (Å²) in [7, 11) is 0. The Labute approximate surface area is 278 Å². The summed E-state index contributed by atoms with van der Waals surface area (Å²) in [5.41, 5.74) is 12.2. The van der Waals surface area contributed by atoms with Gasteiger partial charge in [0.15, 0.2) is 0 Å². The second-order valence-corrected chi connectivity index (χ2v) is 13.5. The van der Waals surface area contributed by atoms with Crippen molar-refractivity contribution in [2.24, 2.45) is 0 Å². The fraction of sp³-hybridized carbons (Fsp3) is 0.324. The lowest BCUT2D eigenvalue weighted by molar-refractivity contribution is 0.0570. The van der Waals surface area contributed by atoms with Crippen LogP contribution in [0.25, 0.3) is 10.9 Å². The summed E-state index contributed by atoms with van der Waals surface area (Å²) in [5.74, 6) is -0.531. The lowest BCUT2D eigenvalue weighted by atomic mass is 9.98. The number of nitriles is 1. The van der Waals surface area contributed by atoms with E-state index in [0.717, 1.165) is 42.9 Å². The molecule has 0 spiro atoms. The Morgan fingerprint density at radius 3 is 2.46 bits per heavy atom. The molecule has 0 bridgehead atoms. The molecule has 4 heterocycles. The van der Waals surface area contributed by atoms with Gasteiger partial charge in [-0.15, -0.1) is 5.53 Å². The molecule has 6 rings (SSSR count). The van der Waals surface area contributed by atoms with E-state index in [4.69, 9.17) is 23.2 Å². The van der Waals surface area contributed by atoms with Gasteiger partial charge in [-0.2, -0.15) is 5.26 Å². The number of hydrogen-bond acceptors (Lipinski definition) is 9. The zero-order chi connectivity index (χ0) is 32.6. The number of aromatic nitrogens is 2. The summed E-state index contributed by atoms with van der Waals surface area (Å²) < 4.78 is 13.9. The molecule has 2 aromatic heterocycles. The minimum absolute atomic E-state index is 0.0310. The number of piperidine rings is 1. The smallest absolute Gasteiger partial charge is 0.141 e. The first-order valence-corrected chi connectivity index (χ1v) is 16.0. The molecule has 2 aliphatic heterocycles. The predicted octanol–water partition coefficient (Wildman–Crippen LogP) is 7.58. The normalized spacial score (nSPS) is 16.6. The molecule has 1 fully saturated rings. The van der Waals surface area contributed by atoms with Gasteiger partial charge in [0.05, 0.1) is 38.6 Å². The van der Waals surface area contributed by atoms with Gasteiger partial charge in [0.1, 0.15) is 11.9 Å². The average molecular weight is 661 g/mol. The summed E-state index contributed by atoms with van der Waals surface area (Å²) in [6.07, 6.45) is 7.55. The van der Waals surface area contributed by atoms with Crippen LogP contribution in [0.3, 0.4) is 0 Å². The van der Waals surface area contributed by atoms with Crippen LogP contribution in [-0.4, -0.2) is 44.5 Å². The maximum atomic E-state index is 13.9. The molecule has 0 saturated carbocycles. The maximum Gasteiger partial charge on any atom is 0.141 e. The van der Waals surface area contributed by atoms with Gasteiger partial charge in [0.25, 0.3) is 0 Å². The molecular formula is C34H36Cl2FN9. The zero-order valence-electron chi connectivity index (χ0n) is 26.1. The van der Waals surface area contributed by atoms with Crippen LogP contribution < -0.4 is 21.6 Å². The Morgan fingerprint density at radius 1 is 1.02 bits per heavy atom. The molecule has 0 unspecified atom stereocenters. The summed E-state index contributed by atoms with van der Waals surface area (Å²) >= 11 is 12.8. The van der Waals surface area contributed by atoms with Crippen molar-refractivity contribution in [3.8, 4) is 6.07 Å². The SMILES string of the molecule is Cc1ccc([C@H](Nc2cc(Cl)c3ncc(C#N)c(Nc4ccc(F)c(Cl)c4)c3c2)C2=CN(C3CCN(C(C)(C)C)CC3)NN2)cn1. The number of pyridine rings is 2. The molecule has 12 heteroatoms. The highest BCUT2D eigenvalue weighted by Crippen LogP contribution is 2.37. The number of nitrogens with one attached hydrogen (secondary N) is 4. The molecule has 0 aliphatic carbocycles. The highest BCUT2D eigenvalue weighted by molar-refractivity contribution is 6.36. The van der Waals surface area contributed by atoms with E-state index in [0.29, 0.717) is 44.6 Å². The first kappa shape index (κ1) is 31.8. The Kier molecular flexibility index (Phi) is 8.95. The molecular weight excluding hydrogens is 624 g/mol. The van der Waals surface area contributed by atoms with E-state index in [1.807, 2.05) is 31.3 Å². The number of benzene rings is 2. The summed E-state index contributed by atoms with van der Waals surface area (Å²) in [6, 6.07) is 14.3. The second kappa shape index (κ2) is 12.9. The van der Waals surface area contributed by atoms with E-state index in [2.05, 4.69) is 80.6 Å². The number of fused-ring (bicyclic) bond motifs is 1. The number of halogens is 3. The van der Waals surface area contributed by atoms with Crippen molar-refractivity contribution in [2.75, 3.05) is 23.7 Å². The molecule has 0 amide bonds. The largest absolute Gasteiger partial charge is 0.373 e. The lowest BCUT2D eigenvalue weighted by Crippen LogP contribution is -2.52. The number of nitrogens with zero attached hydrogens (tertiary/aromatic N) is 5. The van der Waals surface area contributed by atoms with Gasteiger partial charge in [0, 0.05) is 65.7 Å². The van der Waals surface area contributed by atoms with Gasteiger partial charge in [-0.1, -0.05) is 29.3 Å². The van der Waals surface area contributed by atoms with Crippen molar-refractivity contribution in [3.63, 3.8) is 0 Å². The van der Waals surface area contributed by atoms with Gasteiger partial charge < -0.3 is 16.1 Å². The van der Waals surface area contributed by atoms with Crippen LogP contribution in [0.15, 0.2) is 66.8 Å². The van der Waals surface area contributed by atoms with Crippen molar-refractivity contribution in [3.05, 3.63) is 99.4 Å². The van der Waals surface area contributed by atoms with E-state index in [1.165, 1.54) is 18.3 Å². The first-order valence-electron chi connectivity index (χ1n) is 15.2. The van der Waals surface area contributed by atoms with Gasteiger partial charge in [-0.3, -0.25) is 19.9 Å². The highest BCUT2D eigenvalue weighted by atomic mass is 35.5. The molecule has 238 valence electrons. The van der Waals surface area contributed by atoms with Crippen molar-refractivity contribution in [1.29, 1.82) is 5.26 Å². The van der Waals surface area contributed by atoms with Crippen LogP contribution in [0.5, 0.6) is 0 Å². The molecule has 1 saturated heterocycles. The predicted molar refractivity (Wildman–Crippen MR) is 182 cm³/mol. The van der Waals surface area contributed by atoms with E-state index in [-0.39, 0.29) is 16.6 Å². The third-order valence-electron chi connectivity index (χ3n) is 8.54. The molecule has 2 aliphatic rings. The second-order valence-electron chi connectivity index (χ2n) is 12.7. The highest BCUT2D eigenvalue weighted by Gasteiger charge is 2.32. The van der Waals surface area contributed by atoms with E-state index < -0.39 is 5.82 Å². The zero-order valence-corrected chi connectivity index (χ0v) is 27.6. The minimum Gasteiger partial charge on any atom is -0.373 e. The minimum atomic E-state index is -0.531. The average Bonchev–Trinajstić information content (AvgIpc) is 3.52. The standard InChI is InChI=1S/C34H36Cl2FN9/c1-20-5-6-21(17-39-20)32(30-19-46(44-43-30)25-9-11-45(12-10-25)34(2,3)4)42-24-13-26-31(41-23-7-8-29(37)27(35)14-23)22(16-38)18-40-33(26)28(36)15-24/h5-8,13-15,17-19,25,32,42-44H,9-12H2,1-4H3,(H,40,41)/t32-/m0/s1. The van der Waals surface area contributed by atoms with Crippen molar-refractivity contribution in [1.82, 2.24) is 30.8 Å². The summed E-state index contributed by atoms with van der Waals surface area (Å²) in [6.45, 7) is 10.8. The number of hydrazine groups is 2. The Bertz CT molecular complexity index is 1820. The topological polar surface area (TPSA) is 104 Å². The summed E-state index contributed by atoms with van der Waals surface area (Å²) in [4.78, 5) is 11.6. The van der Waals surface area contributed by atoms with Crippen LogP contribution in [0.1, 0.15) is 56.5 Å². The van der Waals surface area contributed by atoms with Crippen molar-refractivity contribution < 1.29 is 4.39 Å². The van der Waals surface area contributed by atoms with Gasteiger partial charge in [-0.05, 0) is 82.5 Å². The Hall–Kier alpha value is -4.14. The molecule has 4 aromatic rings. The molecule has 9 nitrogen and oxygen atoms in total. The van der Waals surface area contributed by atoms with Crippen LogP contribution in [0, 0.1) is 24.1 Å². The van der Waals surface area contributed by atoms with E-state index in [1.54, 1.807) is 6.07 Å². The van der Waals surface area contributed by atoms with Crippen molar-refractivity contribution >= 4 is 51.2 Å². The number of hydrogen-bond donors (Lipinski definition) is 4. The van der Waals surface area contributed by atoms with E-state index >= 15 is 0 Å². The van der Waals surface area contributed by atoms with Gasteiger partial charge in [-0.25, -0.2) is 4.39 Å². The third kappa shape index (κ3) is 6.69. The fourth-order valence-corrected chi connectivity index (χ4v) is 6.39.